The summed E-state index contributed by atoms with van der Waals surface area (Å²) in [6.07, 6.45) is -1.79. The van der Waals surface area contributed by atoms with E-state index in [9.17, 15) is 17.6 Å². The quantitative estimate of drug-likeness (QED) is 0.538. The Hall–Kier alpha value is -1.33. The van der Waals surface area contributed by atoms with E-state index >= 15 is 0 Å². The minimum atomic E-state index is -4.76. The fourth-order valence-electron chi connectivity index (χ4n) is 1.88. The summed E-state index contributed by atoms with van der Waals surface area (Å²) in [7, 11) is 0. The molecule has 0 aliphatic heterocycles. The minimum Gasteiger partial charge on any atom is -0.263 e. The third-order valence-electron chi connectivity index (χ3n) is 2.93. The first-order chi connectivity index (χ1) is 9.80. The maximum atomic E-state index is 14.0. The molecule has 1 aromatic carbocycles. The Balaban J connectivity index is 2.32. The van der Waals surface area contributed by atoms with Gasteiger partial charge in [-0.05, 0) is 24.1 Å². The van der Waals surface area contributed by atoms with Crippen LogP contribution >= 0.6 is 23.2 Å². The maximum Gasteiger partial charge on any atom is 0.419 e. The predicted molar refractivity (Wildman–Crippen MR) is 72.9 cm³/mol. The summed E-state index contributed by atoms with van der Waals surface area (Å²) in [6.45, 7) is 0. The van der Waals surface area contributed by atoms with E-state index in [1.807, 2.05) is 0 Å². The number of rotatable bonds is 3. The minimum absolute atomic E-state index is 0.0984. The molecule has 0 saturated heterocycles. The molecule has 0 aliphatic rings. The molecule has 0 aliphatic carbocycles. The maximum absolute atomic E-state index is 14.0. The normalized spacial score (nSPS) is 13.2. The van der Waals surface area contributed by atoms with E-state index in [1.165, 1.54) is 18.5 Å². The molecule has 0 radical (unpaired) electrons. The fourth-order valence-corrected chi connectivity index (χ4v) is 2.41. The highest BCUT2D eigenvalue weighted by atomic mass is 35.5. The smallest absolute Gasteiger partial charge is 0.263 e. The third-order valence-corrected chi connectivity index (χ3v) is 3.66. The third kappa shape index (κ3) is 3.66. The van der Waals surface area contributed by atoms with Crippen molar-refractivity contribution in [2.75, 3.05) is 0 Å². The lowest BCUT2D eigenvalue weighted by molar-refractivity contribution is -0.140. The number of alkyl halides is 4. The molecular weight excluding hydrogens is 329 g/mol. The van der Waals surface area contributed by atoms with Crippen molar-refractivity contribution in [3.05, 3.63) is 64.2 Å². The number of hydrogen-bond acceptors (Lipinski definition) is 1. The van der Waals surface area contributed by atoms with Crippen LogP contribution in [0.1, 0.15) is 22.1 Å². The van der Waals surface area contributed by atoms with E-state index in [1.54, 1.807) is 6.07 Å². The number of halogens is 6. The number of aromatic nitrogens is 1. The lowest BCUT2D eigenvalue weighted by Crippen LogP contribution is -2.11. The van der Waals surface area contributed by atoms with Gasteiger partial charge in [0.05, 0.1) is 16.0 Å². The van der Waals surface area contributed by atoms with Crippen LogP contribution in [0.25, 0.3) is 0 Å². The fraction of sp³-hybridized carbons (Fsp3) is 0.214. The van der Waals surface area contributed by atoms with Crippen LogP contribution in [0.5, 0.6) is 0 Å². The second-order valence-electron chi connectivity index (χ2n) is 4.35. The first-order valence-corrected chi connectivity index (χ1v) is 6.70. The zero-order chi connectivity index (χ0) is 15.6. The molecule has 1 nitrogen and oxygen atoms in total. The van der Waals surface area contributed by atoms with Crippen LogP contribution in [0.3, 0.4) is 0 Å². The largest absolute Gasteiger partial charge is 0.419 e. The average molecular weight is 338 g/mol. The molecule has 2 rings (SSSR count). The van der Waals surface area contributed by atoms with Crippen molar-refractivity contribution < 1.29 is 17.6 Å². The summed E-state index contributed by atoms with van der Waals surface area (Å²) >= 11 is 12.0. The van der Waals surface area contributed by atoms with Crippen LogP contribution < -0.4 is 0 Å². The van der Waals surface area contributed by atoms with Crippen molar-refractivity contribution in [1.82, 2.24) is 4.98 Å². The van der Waals surface area contributed by atoms with Crippen molar-refractivity contribution >= 4 is 23.2 Å². The Morgan fingerprint density at radius 1 is 1.19 bits per heavy atom. The van der Waals surface area contributed by atoms with Gasteiger partial charge >= 0.3 is 6.18 Å². The summed E-state index contributed by atoms with van der Waals surface area (Å²) in [5.74, 6) is -1.35. The Bertz CT molecular complexity index is 643. The SMILES string of the molecule is Fc1c(C(Cl)Cc2ccncc2Cl)cccc1C(F)(F)F. The number of hydrogen-bond donors (Lipinski definition) is 0. The van der Waals surface area contributed by atoms with Crippen molar-refractivity contribution in [3.63, 3.8) is 0 Å². The van der Waals surface area contributed by atoms with Crippen LogP contribution in [0.4, 0.5) is 17.6 Å². The van der Waals surface area contributed by atoms with Crippen LogP contribution in [0.15, 0.2) is 36.7 Å². The highest BCUT2D eigenvalue weighted by Crippen LogP contribution is 2.36. The molecule has 1 heterocycles. The van der Waals surface area contributed by atoms with Gasteiger partial charge in [0.25, 0.3) is 0 Å². The molecule has 0 amide bonds. The van der Waals surface area contributed by atoms with E-state index in [2.05, 4.69) is 4.98 Å². The molecular formula is C14H9Cl2F4N. The Morgan fingerprint density at radius 3 is 2.52 bits per heavy atom. The van der Waals surface area contributed by atoms with Gasteiger partial charge in [-0.15, -0.1) is 11.6 Å². The molecule has 1 unspecified atom stereocenters. The molecule has 0 N–H and O–H groups in total. The van der Waals surface area contributed by atoms with Gasteiger partial charge in [-0.1, -0.05) is 23.7 Å². The summed E-state index contributed by atoms with van der Waals surface area (Å²) in [5, 5.41) is -0.636. The standard InChI is InChI=1S/C14H9Cl2F4N/c15-11(6-8-4-5-21-7-12(8)16)9-2-1-3-10(13(9)17)14(18,19)20/h1-5,7,11H,6H2. The summed E-state index contributed by atoms with van der Waals surface area (Å²) in [5.41, 5.74) is -0.950. The van der Waals surface area contributed by atoms with E-state index in [0.29, 0.717) is 16.7 Å². The molecule has 0 bridgehead atoms. The lowest BCUT2D eigenvalue weighted by atomic mass is 10.0. The van der Waals surface area contributed by atoms with E-state index in [4.69, 9.17) is 23.2 Å². The van der Waals surface area contributed by atoms with Crippen molar-refractivity contribution in [2.24, 2.45) is 0 Å². The Labute approximate surface area is 128 Å². The van der Waals surface area contributed by atoms with Gasteiger partial charge in [-0.2, -0.15) is 13.2 Å². The van der Waals surface area contributed by atoms with Gasteiger partial charge in [0.1, 0.15) is 5.82 Å². The molecule has 112 valence electrons. The molecule has 21 heavy (non-hydrogen) atoms. The molecule has 0 spiro atoms. The lowest BCUT2D eigenvalue weighted by Gasteiger charge is -2.15. The first-order valence-electron chi connectivity index (χ1n) is 5.88. The monoisotopic (exact) mass is 337 g/mol. The highest BCUT2D eigenvalue weighted by Gasteiger charge is 2.35. The Kier molecular flexibility index (Phi) is 4.74. The van der Waals surface area contributed by atoms with E-state index < -0.39 is 22.9 Å². The topological polar surface area (TPSA) is 12.9 Å². The second kappa shape index (κ2) is 6.20. The van der Waals surface area contributed by atoms with E-state index in [-0.39, 0.29) is 12.0 Å². The van der Waals surface area contributed by atoms with Gasteiger partial charge in [-0.3, -0.25) is 4.98 Å². The van der Waals surface area contributed by atoms with Crippen LogP contribution in [0.2, 0.25) is 5.02 Å². The zero-order valence-corrected chi connectivity index (χ0v) is 12.0. The predicted octanol–water partition coefficient (Wildman–Crippen LogP) is 5.42. The molecule has 0 saturated carbocycles. The summed E-state index contributed by atoms with van der Waals surface area (Å²) in [6, 6.07) is 4.63. The van der Waals surface area contributed by atoms with Gasteiger partial charge in [-0.25, -0.2) is 4.39 Å². The number of benzene rings is 1. The van der Waals surface area contributed by atoms with Gasteiger partial charge in [0.15, 0.2) is 0 Å². The second-order valence-corrected chi connectivity index (χ2v) is 5.28. The molecule has 0 fully saturated rings. The van der Waals surface area contributed by atoms with Crippen LogP contribution in [0, 0.1) is 5.82 Å². The molecule has 7 heteroatoms. The van der Waals surface area contributed by atoms with E-state index in [0.717, 1.165) is 6.07 Å². The van der Waals surface area contributed by atoms with Crippen molar-refractivity contribution in [1.29, 1.82) is 0 Å². The zero-order valence-electron chi connectivity index (χ0n) is 10.5. The van der Waals surface area contributed by atoms with Crippen LogP contribution in [-0.4, -0.2) is 4.98 Å². The first kappa shape index (κ1) is 16.0. The molecule has 1 atom stereocenters. The number of pyridine rings is 1. The van der Waals surface area contributed by atoms with Crippen molar-refractivity contribution in [3.8, 4) is 0 Å². The van der Waals surface area contributed by atoms with Gasteiger partial charge in [0.2, 0.25) is 0 Å². The van der Waals surface area contributed by atoms with Gasteiger partial charge in [0, 0.05) is 18.0 Å². The highest BCUT2D eigenvalue weighted by molar-refractivity contribution is 6.31. The number of nitrogens with zero attached hydrogens (tertiary/aromatic N) is 1. The summed E-state index contributed by atoms with van der Waals surface area (Å²) < 4.78 is 52.0. The summed E-state index contributed by atoms with van der Waals surface area (Å²) in [4.78, 5) is 3.79. The van der Waals surface area contributed by atoms with Crippen molar-refractivity contribution in [2.45, 2.75) is 18.0 Å². The molecule has 1 aromatic heterocycles. The molecule has 2 aromatic rings. The Morgan fingerprint density at radius 2 is 1.90 bits per heavy atom. The average Bonchev–Trinajstić information content (AvgIpc) is 2.40. The van der Waals surface area contributed by atoms with Gasteiger partial charge < -0.3 is 0 Å². The van der Waals surface area contributed by atoms with Crippen LogP contribution in [-0.2, 0) is 12.6 Å².